The Hall–Kier alpha value is -0.0400. The summed E-state index contributed by atoms with van der Waals surface area (Å²) in [7, 11) is 0. The zero-order valence-electron chi connectivity index (χ0n) is 14.7. The normalized spacial score (nSPS) is 18.6. The van der Waals surface area contributed by atoms with Gasteiger partial charge in [-0.05, 0) is 36.5 Å². The van der Waals surface area contributed by atoms with Crippen LogP contribution in [-0.2, 0) is 4.74 Å². The summed E-state index contributed by atoms with van der Waals surface area (Å²) in [5.41, 5.74) is 0. The van der Waals surface area contributed by atoms with E-state index in [0.29, 0.717) is 35.9 Å². The molecule has 0 aliphatic heterocycles. The van der Waals surface area contributed by atoms with E-state index in [1.54, 1.807) is 0 Å². The molecule has 1 heteroatoms. The topological polar surface area (TPSA) is 9.23 Å². The fourth-order valence-corrected chi connectivity index (χ4v) is 3.32. The lowest BCUT2D eigenvalue weighted by molar-refractivity contribution is -0.104. The Morgan fingerprint density at radius 2 is 0.947 bits per heavy atom. The smallest absolute Gasteiger partial charge is 0.0627 e. The van der Waals surface area contributed by atoms with Crippen molar-refractivity contribution in [1.82, 2.24) is 0 Å². The van der Waals surface area contributed by atoms with Gasteiger partial charge in [0, 0.05) is 0 Å². The second kappa shape index (κ2) is 9.80. The predicted molar refractivity (Wildman–Crippen MR) is 86.5 cm³/mol. The van der Waals surface area contributed by atoms with Gasteiger partial charge in [0.25, 0.3) is 0 Å². The third-order valence-corrected chi connectivity index (χ3v) is 4.24. The molecule has 0 aromatic rings. The number of rotatable bonds is 10. The van der Waals surface area contributed by atoms with E-state index in [1.165, 1.54) is 25.7 Å². The van der Waals surface area contributed by atoms with Gasteiger partial charge in [-0.15, -0.1) is 0 Å². The number of ether oxygens (including phenoxy) is 1. The highest BCUT2D eigenvalue weighted by molar-refractivity contribution is 4.76. The zero-order chi connectivity index (χ0) is 15.0. The lowest BCUT2D eigenvalue weighted by Crippen LogP contribution is -2.37. The van der Waals surface area contributed by atoms with Crippen LogP contribution in [0.5, 0.6) is 0 Å². The van der Waals surface area contributed by atoms with Crippen LogP contribution >= 0.6 is 0 Å². The van der Waals surface area contributed by atoms with Crippen LogP contribution in [0.3, 0.4) is 0 Å². The molecule has 4 unspecified atom stereocenters. The predicted octanol–water partition coefficient (Wildman–Crippen LogP) is 5.92. The number of hydrogen-bond donors (Lipinski definition) is 0. The van der Waals surface area contributed by atoms with Gasteiger partial charge in [-0.2, -0.15) is 0 Å². The Balaban J connectivity index is 4.74. The summed E-state index contributed by atoms with van der Waals surface area (Å²) in [6, 6.07) is 0. The first-order valence-corrected chi connectivity index (χ1v) is 8.50. The summed E-state index contributed by atoms with van der Waals surface area (Å²) in [6.07, 6.45) is 5.87. The van der Waals surface area contributed by atoms with Gasteiger partial charge in [0.2, 0.25) is 0 Å². The Morgan fingerprint density at radius 3 is 1.16 bits per heavy atom. The standard InChI is InChI=1S/C18H38O/c1-9-11-15(7)17(13(3)4)19-18(14(5)6)16(8)12-10-2/h13-18H,9-12H2,1-8H3. The molecular formula is C18H38O. The Morgan fingerprint density at radius 1 is 0.632 bits per heavy atom. The Bertz CT molecular complexity index is 188. The van der Waals surface area contributed by atoms with E-state index in [2.05, 4.69) is 55.4 Å². The highest BCUT2D eigenvalue weighted by Gasteiger charge is 2.29. The quantitative estimate of drug-likeness (QED) is 0.478. The molecule has 19 heavy (non-hydrogen) atoms. The average Bonchev–Trinajstić information content (AvgIpc) is 2.29. The molecule has 0 saturated carbocycles. The molecule has 0 radical (unpaired) electrons. The summed E-state index contributed by atoms with van der Waals surface area (Å²) in [6.45, 7) is 18.5. The molecule has 0 bridgehead atoms. The molecule has 0 aromatic carbocycles. The van der Waals surface area contributed by atoms with Crippen molar-refractivity contribution < 1.29 is 4.74 Å². The molecule has 0 aromatic heterocycles. The fourth-order valence-electron chi connectivity index (χ4n) is 3.32. The van der Waals surface area contributed by atoms with Crippen LogP contribution in [0.4, 0.5) is 0 Å². The molecule has 0 amide bonds. The Labute approximate surface area is 122 Å². The van der Waals surface area contributed by atoms with Gasteiger partial charge in [-0.3, -0.25) is 0 Å². The average molecular weight is 271 g/mol. The second-order valence-electron chi connectivity index (χ2n) is 7.09. The third kappa shape index (κ3) is 6.79. The third-order valence-electron chi connectivity index (χ3n) is 4.24. The summed E-state index contributed by atoms with van der Waals surface area (Å²) >= 11 is 0. The van der Waals surface area contributed by atoms with Crippen molar-refractivity contribution in [3.8, 4) is 0 Å². The number of hydrogen-bond acceptors (Lipinski definition) is 1. The first-order valence-electron chi connectivity index (χ1n) is 8.50. The van der Waals surface area contributed by atoms with Crippen LogP contribution in [0.15, 0.2) is 0 Å². The van der Waals surface area contributed by atoms with E-state index in [1.807, 2.05) is 0 Å². The molecule has 0 spiro atoms. The van der Waals surface area contributed by atoms with Crippen molar-refractivity contribution in [2.45, 2.75) is 93.3 Å². The second-order valence-corrected chi connectivity index (χ2v) is 7.09. The molecule has 0 N–H and O–H groups in total. The molecule has 0 heterocycles. The first-order chi connectivity index (χ1) is 8.84. The van der Waals surface area contributed by atoms with E-state index in [0.717, 1.165) is 0 Å². The molecule has 0 rings (SSSR count). The van der Waals surface area contributed by atoms with Gasteiger partial charge in [0.05, 0.1) is 12.2 Å². The van der Waals surface area contributed by atoms with Crippen LogP contribution < -0.4 is 0 Å². The minimum atomic E-state index is 0.409. The van der Waals surface area contributed by atoms with Crippen LogP contribution in [0, 0.1) is 23.7 Å². The highest BCUT2D eigenvalue weighted by atomic mass is 16.5. The fraction of sp³-hybridized carbons (Fsp3) is 1.00. The summed E-state index contributed by atoms with van der Waals surface area (Å²) in [5, 5.41) is 0. The molecular weight excluding hydrogens is 232 g/mol. The summed E-state index contributed by atoms with van der Waals surface area (Å²) in [5.74, 6) is 2.55. The van der Waals surface area contributed by atoms with Crippen molar-refractivity contribution >= 4 is 0 Å². The van der Waals surface area contributed by atoms with Crippen molar-refractivity contribution in [3.63, 3.8) is 0 Å². The van der Waals surface area contributed by atoms with Gasteiger partial charge in [0.15, 0.2) is 0 Å². The van der Waals surface area contributed by atoms with Gasteiger partial charge in [-0.25, -0.2) is 0 Å². The first kappa shape index (κ1) is 19.0. The lowest BCUT2D eigenvalue weighted by Gasteiger charge is -2.36. The molecule has 0 saturated heterocycles. The van der Waals surface area contributed by atoms with Crippen molar-refractivity contribution in [2.75, 3.05) is 0 Å². The van der Waals surface area contributed by atoms with Crippen LogP contribution in [-0.4, -0.2) is 12.2 Å². The zero-order valence-corrected chi connectivity index (χ0v) is 14.7. The molecule has 4 atom stereocenters. The minimum absolute atomic E-state index is 0.409. The van der Waals surface area contributed by atoms with Crippen LogP contribution in [0.2, 0.25) is 0 Å². The lowest BCUT2D eigenvalue weighted by atomic mass is 9.87. The minimum Gasteiger partial charge on any atom is -0.374 e. The van der Waals surface area contributed by atoms with Gasteiger partial charge in [0.1, 0.15) is 0 Å². The van der Waals surface area contributed by atoms with E-state index in [9.17, 15) is 0 Å². The summed E-state index contributed by atoms with van der Waals surface area (Å²) < 4.78 is 6.60. The van der Waals surface area contributed by atoms with E-state index < -0.39 is 0 Å². The summed E-state index contributed by atoms with van der Waals surface area (Å²) in [4.78, 5) is 0. The SMILES string of the molecule is CCCC(C)C(OC(C(C)C)C(C)CCC)C(C)C. The molecule has 0 aliphatic rings. The largest absolute Gasteiger partial charge is 0.374 e. The van der Waals surface area contributed by atoms with Gasteiger partial charge >= 0.3 is 0 Å². The molecule has 1 nitrogen and oxygen atoms in total. The van der Waals surface area contributed by atoms with Crippen molar-refractivity contribution in [2.24, 2.45) is 23.7 Å². The van der Waals surface area contributed by atoms with Crippen molar-refractivity contribution in [1.29, 1.82) is 0 Å². The van der Waals surface area contributed by atoms with E-state index >= 15 is 0 Å². The van der Waals surface area contributed by atoms with Crippen LogP contribution in [0.1, 0.15) is 81.1 Å². The van der Waals surface area contributed by atoms with E-state index in [-0.39, 0.29) is 0 Å². The maximum absolute atomic E-state index is 6.60. The van der Waals surface area contributed by atoms with E-state index in [4.69, 9.17) is 4.74 Å². The molecule has 0 fully saturated rings. The maximum Gasteiger partial charge on any atom is 0.0627 e. The van der Waals surface area contributed by atoms with Gasteiger partial charge < -0.3 is 4.74 Å². The van der Waals surface area contributed by atoms with Crippen molar-refractivity contribution in [3.05, 3.63) is 0 Å². The monoisotopic (exact) mass is 270 g/mol. The maximum atomic E-state index is 6.60. The molecule has 116 valence electrons. The van der Waals surface area contributed by atoms with Crippen LogP contribution in [0.25, 0.3) is 0 Å². The Kier molecular flexibility index (Phi) is 9.78. The molecule has 0 aliphatic carbocycles. The highest BCUT2D eigenvalue weighted by Crippen LogP contribution is 2.28. The van der Waals surface area contributed by atoms with Gasteiger partial charge in [-0.1, -0.05) is 68.2 Å².